The molecule has 3 amide bonds. The molecule has 0 aliphatic carbocycles. The number of amides is 3. The highest BCUT2D eigenvalue weighted by molar-refractivity contribution is 7.09. The van der Waals surface area contributed by atoms with E-state index < -0.39 is 17.9 Å². The molecule has 34 heavy (non-hydrogen) atoms. The van der Waals surface area contributed by atoms with E-state index in [2.05, 4.69) is 37.4 Å². The maximum absolute atomic E-state index is 13.8. The van der Waals surface area contributed by atoms with Crippen LogP contribution < -0.4 is 21.7 Å². The molecule has 0 aliphatic heterocycles. The first-order valence-corrected chi connectivity index (χ1v) is 12.6. The largest absolute Gasteiger partial charge is 0.395 e. The van der Waals surface area contributed by atoms with Crippen LogP contribution in [0, 0.1) is 5.92 Å². The summed E-state index contributed by atoms with van der Waals surface area (Å²) < 4.78 is 3.98. The number of benzene rings is 1. The van der Waals surface area contributed by atoms with Crippen molar-refractivity contribution < 1.29 is 14.4 Å². The van der Waals surface area contributed by atoms with Crippen molar-refractivity contribution in [2.24, 2.45) is 11.7 Å². The molecule has 0 saturated heterocycles. The van der Waals surface area contributed by atoms with Gasteiger partial charge in [0.25, 0.3) is 11.8 Å². The fourth-order valence-corrected chi connectivity index (χ4v) is 4.32. The van der Waals surface area contributed by atoms with Crippen LogP contribution >= 0.6 is 11.5 Å². The number of nitrogens with zero attached hydrogens (tertiary/aromatic N) is 2. The zero-order chi connectivity index (χ0) is 25.4. The molecule has 0 radical (unpaired) electrons. The van der Waals surface area contributed by atoms with Crippen LogP contribution in [0.1, 0.15) is 91.9 Å². The zero-order valence-electron chi connectivity index (χ0n) is 20.8. The van der Waals surface area contributed by atoms with Gasteiger partial charge >= 0.3 is 0 Å². The smallest absolute Gasteiger partial charge is 0.272 e. The Hall–Kier alpha value is -2.94. The molecule has 0 unspecified atom stereocenters. The van der Waals surface area contributed by atoms with Gasteiger partial charge in [0.15, 0.2) is 5.69 Å². The van der Waals surface area contributed by atoms with Gasteiger partial charge < -0.3 is 16.8 Å². The lowest BCUT2D eigenvalue weighted by atomic mass is 10.0. The first-order chi connectivity index (χ1) is 16.1. The zero-order valence-corrected chi connectivity index (χ0v) is 21.6. The number of rotatable bonds is 12. The molecule has 1 aromatic heterocycles. The van der Waals surface area contributed by atoms with Crippen molar-refractivity contribution in [3.63, 3.8) is 0 Å². The van der Waals surface area contributed by atoms with Crippen molar-refractivity contribution in [2.45, 2.75) is 72.3 Å². The van der Waals surface area contributed by atoms with Gasteiger partial charge in [0.2, 0.25) is 5.91 Å². The third-order valence-corrected chi connectivity index (χ3v) is 6.53. The second-order valence-corrected chi connectivity index (χ2v) is 9.96. The molecule has 9 heteroatoms. The van der Waals surface area contributed by atoms with Crippen LogP contribution in [0.4, 0.5) is 11.4 Å². The number of aromatic nitrogens is 1. The van der Waals surface area contributed by atoms with Crippen molar-refractivity contribution in [1.82, 2.24) is 9.69 Å². The molecule has 0 saturated carbocycles. The number of hydrogen-bond donors (Lipinski definition) is 3. The Morgan fingerprint density at radius 1 is 1.09 bits per heavy atom. The number of nitrogen functional groups attached to an aromatic ring is 1. The van der Waals surface area contributed by atoms with Gasteiger partial charge in [0.05, 0.1) is 5.69 Å². The summed E-state index contributed by atoms with van der Waals surface area (Å²) in [5.74, 6) is -0.716. The number of hydrogen-bond acceptors (Lipinski definition) is 6. The highest BCUT2D eigenvalue weighted by atomic mass is 32.1. The topological polar surface area (TPSA) is 131 Å². The minimum atomic E-state index is -0.797. The van der Waals surface area contributed by atoms with Crippen molar-refractivity contribution in [3.8, 4) is 0 Å². The summed E-state index contributed by atoms with van der Waals surface area (Å²) in [5.41, 5.74) is 12.9. The third kappa shape index (κ3) is 6.79. The summed E-state index contributed by atoms with van der Waals surface area (Å²) in [7, 11) is 0. The van der Waals surface area contributed by atoms with Crippen LogP contribution in [-0.2, 0) is 4.79 Å². The van der Waals surface area contributed by atoms with Crippen LogP contribution in [0.3, 0.4) is 0 Å². The second kappa shape index (κ2) is 12.5. The van der Waals surface area contributed by atoms with E-state index in [1.165, 1.54) is 4.90 Å². The van der Waals surface area contributed by atoms with Gasteiger partial charge in [0.1, 0.15) is 10.9 Å². The summed E-state index contributed by atoms with van der Waals surface area (Å²) in [6.45, 7) is 10.9. The predicted octanol–water partition coefficient (Wildman–Crippen LogP) is 4.32. The Balaban J connectivity index is 2.52. The van der Waals surface area contributed by atoms with Crippen LogP contribution in [0.5, 0.6) is 0 Å². The molecule has 0 aliphatic rings. The quantitative estimate of drug-likeness (QED) is 0.410. The van der Waals surface area contributed by atoms with Crippen LogP contribution in [0.2, 0.25) is 0 Å². The van der Waals surface area contributed by atoms with Crippen LogP contribution in [-0.4, -0.2) is 34.7 Å². The first kappa shape index (κ1) is 27.3. The van der Waals surface area contributed by atoms with E-state index >= 15 is 0 Å². The van der Waals surface area contributed by atoms with Gasteiger partial charge in [-0.2, -0.15) is 4.37 Å². The molecule has 0 bridgehead atoms. The van der Waals surface area contributed by atoms with Crippen molar-refractivity contribution in [3.05, 3.63) is 40.4 Å². The fourth-order valence-electron chi connectivity index (χ4n) is 3.57. The predicted molar refractivity (Wildman–Crippen MR) is 138 cm³/mol. The summed E-state index contributed by atoms with van der Waals surface area (Å²) in [5, 5.41) is 3.00. The second-order valence-electron chi connectivity index (χ2n) is 9.19. The Bertz CT molecular complexity index is 985. The molecule has 8 nitrogen and oxygen atoms in total. The lowest BCUT2D eigenvalue weighted by molar-refractivity contribution is -0.122. The molecule has 1 aromatic carbocycles. The Morgan fingerprint density at radius 2 is 1.74 bits per heavy atom. The Kier molecular flexibility index (Phi) is 10.0. The number of nitrogens with one attached hydrogen (secondary N) is 1. The standard InChI is InChI=1S/C25H37N5O3S/c1-6-7-8-19(24(32)28-14-13-15(2)3)30(18-11-9-17(10-12-18)16(4)5)25(33)22-20(26)21(23(27)31)29-34-22/h9-12,15-16,19H,6-8,13-14,26H2,1-5H3,(H2,27,31)(H,28,32)/t19-/m1/s1. The summed E-state index contributed by atoms with van der Waals surface area (Å²) in [6, 6.07) is 6.87. The summed E-state index contributed by atoms with van der Waals surface area (Å²) in [6.07, 6.45) is 2.97. The number of carbonyl (C=O) groups is 3. The van der Waals surface area contributed by atoms with E-state index in [4.69, 9.17) is 11.5 Å². The van der Waals surface area contributed by atoms with Gasteiger partial charge in [0, 0.05) is 12.2 Å². The number of unbranched alkanes of at least 4 members (excludes halogenated alkanes) is 1. The maximum Gasteiger partial charge on any atom is 0.272 e. The SMILES string of the molecule is CCCC[C@H](C(=O)NCCC(C)C)N(C(=O)c1snc(C(N)=O)c1N)c1ccc(C(C)C)cc1. The van der Waals surface area contributed by atoms with Crippen molar-refractivity contribution in [1.29, 1.82) is 0 Å². The molecule has 2 rings (SSSR count). The highest BCUT2D eigenvalue weighted by Gasteiger charge is 2.34. The van der Waals surface area contributed by atoms with Gasteiger partial charge in [-0.25, -0.2) is 0 Å². The molecule has 0 spiro atoms. The summed E-state index contributed by atoms with van der Waals surface area (Å²) >= 11 is 0.820. The van der Waals surface area contributed by atoms with Crippen molar-refractivity contribution in [2.75, 3.05) is 17.2 Å². The normalized spacial score (nSPS) is 12.1. The maximum atomic E-state index is 13.8. The van der Waals surface area contributed by atoms with Gasteiger partial charge in [-0.1, -0.05) is 59.6 Å². The van der Waals surface area contributed by atoms with E-state index in [9.17, 15) is 14.4 Å². The van der Waals surface area contributed by atoms with Crippen LogP contribution in [0.25, 0.3) is 0 Å². The molecule has 0 fully saturated rings. The van der Waals surface area contributed by atoms with E-state index in [1.54, 1.807) is 0 Å². The molecule has 1 heterocycles. The fraction of sp³-hybridized carbons (Fsp3) is 0.520. The number of primary amides is 1. The average Bonchev–Trinajstić information content (AvgIpc) is 3.17. The van der Waals surface area contributed by atoms with E-state index in [0.29, 0.717) is 30.5 Å². The Labute approximate surface area is 206 Å². The first-order valence-electron chi connectivity index (χ1n) is 11.8. The molecular weight excluding hydrogens is 450 g/mol. The van der Waals surface area contributed by atoms with Crippen LogP contribution in [0.15, 0.2) is 24.3 Å². The molecule has 186 valence electrons. The average molecular weight is 488 g/mol. The minimum absolute atomic E-state index is 0.0549. The third-order valence-electron chi connectivity index (χ3n) is 5.68. The lowest BCUT2D eigenvalue weighted by Gasteiger charge is -2.31. The summed E-state index contributed by atoms with van der Waals surface area (Å²) in [4.78, 5) is 40.4. The Morgan fingerprint density at radius 3 is 2.24 bits per heavy atom. The molecular formula is C25H37N5O3S. The van der Waals surface area contributed by atoms with Gasteiger partial charge in [-0.05, 0) is 53.9 Å². The lowest BCUT2D eigenvalue weighted by Crippen LogP contribution is -2.50. The minimum Gasteiger partial charge on any atom is -0.395 e. The monoisotopic (exact) mass is 487 g/mol. The molecule has 1 atom stereocenters. The van der Waals surface area contributed by atoms with Gasteiger partial charge in [-0.15, -0.1) is 0 Å². The van der Waals surface area contributed by atoms with Gasteiger partial charge in [-0.3, -0.25) is 19.3 Å². The number of anilines is 2. The molecule has 2 aromatic rings. The highest BCUT2D eigenvalue weighted by Crippen LogP contribution is 2.30. The van der Waals surface area contributed by atoms with E-state index in [-0.39, 0.29) is 22.2 Å². The van der Waals surface area contributed by atoms with E-state index in [1.807, 2.05) is 31.2 Å². The number of nitrogens with two attached hydrogens (primary N) is 2. The number of carbonyl (C=O) groups excluding carboxylic acids is 3. The molecule has 5 N–H and O–H groups in total. The van der Waals surface area contributed by atoms with E-state index in [0.717, 1.165) is 36.4 Å². The van der Waals surface area contributed by atoms with Crippen molar-refractivity contribution >= 4 is 40.6 Å².